The van der Waals surface area contributed by atoms with Crippen molar-refractivity contribution in [1.82, 2.24) is 14.9 Å². The molecule has 4 heteroatoms. The van der Waals surface area contributed by atoms with Crippen LogP contribution in [0.15, 0.2) is 78.9 Å². The van der Waals surface area contributed by atoms with Gasteiger partial charge in [0.2, 0.25) is 5.91 Å². The normalized spacial score (nSPS) is 11.0. The van der Waals surface area contributed by atoms with Crippen LogP contribution in [0.4, 0.5) is 0 Å². The van der Waals surface area contributed by atoms with Gasteiger partial charge in [0.05, 0.1) is 11.0 Å². The topological polar surface area (TPSA) is 46.9 Å². The average molecular weight is 412 g/mol. The molecular formula is C27H29N3O. The summed E-state index contributed by atoms with van der Waals surface area (Å²) in [7, 11) is 0. The number of benzene rings is 3. The van der Waals surface area contributed by atoms with Crippen molar-refractivity contribution in [2.45, 2.75) is 39.2 Å². The Morgan fingerprint density at radius 1 is 0.903 bits per heavy atom. The zero-order valence-corrected chi connectivity index (χ0v) is 18.1. The maximum atomic E-state index is 12.2. The van der Waals surface area contributed by atoms with E-state index in [0.717, 1.165) is 42.7 Å². The largest absolute Gasteiger partial charge is 0.356 e. The maximum Gasteiger partial charge on any atom is 0.220 e. The van der Waals surface area contributed by atoms with E-state index >= 15 is 0 Å². The summed E-state index contributed by atoms with van der Waals surface area (Å²) in [4.78, 5) is 17.1. The number of nitrogens with one attached hydrogen (secondary N) is 1. The molecule has 0 aliphatic rings. The van der Waals surface area contributed by atoms with Gasteiger partial charge in [-0.3, -0.25) is 4.79 Å². The van der Waals surface area contributed by atoms with Crippen molar-refractivity contribution in [3.63, 3.8) is 0 Å². The molecule has 0 spiro atoms. The number of para-hydroxylation sites is 2. The van der Waals surface area contributed by atoms with Crippen LogP contribution >= 0.6 is 0 Å². The Kier molecular flexibility index (Phi) is 6.78. The van der Waals surface area contributed by atoms with Crippen LogP contribution in [-0.4, -0.2) is 22.0 Å². The smallest absolute Gasteiger partial charge is 0.220 e. The summed E-state index contributed by atoms with van der Waals surface area (Å²) in [5.74, 6) is 1.18. The first kappa shape index (κ1) is 20.9. The molecule has 0 aliphatic carbocycles. The highest BCUT2D eigenvalue weighted by atomic mass is 16.1. The standard InChI is InChI=1S/C27H29N3O/c1-21-10-5-6-13-23(21)20-30-25-15-8-7-14-24(25)29-26(30)16-9-19-28-27(31)18-17-22-11-3-2-4-12-22/h2-8,10-15H,9,16-20H2,1H3,(H,28,31). The van der Waals surface area contributed by atoms with Gasteiger partial charge in [-0.2, -0.15) is 0 Å². The Morgan fingerprint density at radius 3 is 2.48 bits per heavy atom. The van der Waals surface area contributed by atoms with Gasteiger partial charge in [-0.25, -0.2) is 4.98 Å². The second-order valence-corrected chi connectivity index (χ2v) is 7.97. The molecule has 1 N–H and O–H groups in total. The number of nitrogens with zero attached hydrogens (tertiary/aromatic N) is 2. The number of aromatic nitrogens is 2. The van der Waals surface area contributed by atoms with Gasteiger partial charge in [-0.15, -0.1) is 0 Å². The number of imidazole rings is 1. The van der Waals surface area contributed by atoms with Gasteiger partial charge in [0.25, 0.3) is 0 Å². The molecule has 0 saturated heterocycles. The van der Waals surface area contributed by atoms with Crippen LogP contribution in [0.3, 0.4) is 0 Å². The summed E-state index contributed by atoms with van der Waals surface area (Å²) in [5.41, 5.74) is 5.98. The molecule has 1 aromatic heterocycles. The summed E-state index contributed by atoms with van der Waals surface area (Å²) in [5, 5.41) is 3.06. The number of carbonyl (C=O) groups excluding carboxylic acids is 1. The van der Waals surface area contributed by atoms with Gasteiger partial charge in [-0.05, 0) is 48.6 Å². The fourth-order valence-electron chi connectivity index (χ4n) is 3.92. The maximum absolute atomic E-state index is 12.2. The van der Waals surface area contributed by atoms with Crippen LogP contribution in [0.1, 0.15) is 35.4 Å². The third-order valence-electron chi connectivity index (χ3n) is 5.71. The Morgan fingerprint density at radius 2 is 1.65 bits per heavy atom. The van der Waals surface area contributed by atoms with Gasteiger partial charge in [0.1, 0.15) is 5.82 Å². The summed E-state index contributed by atoms with van der Waals surface area (Å²) >= 11 is 0. The molecule has 0 aliphatic heterocycles. The van der Waals surface area contributed by atoms with Crippen LogP contribution in [0.2, 0.25) is 0 Å². The molecule has 0 fully saturated rings. The minimum atomic E-state index is 0.109. The molecule has 1 heterocycles. The van der Waals surface area contributed by atoms with Crippen molar-refractivity contribution < 1.29 is 4.79 Å². The molecule has 0 unspecified atom stereocenters. The summed E-state index contributed by atoms with van der Waals surface area (Å²) in [6.45, 7) is 3.63. The molecule has 158 valence electrons. The number of aryl methyl sites for hydroxylation is 3. The Labute approximate surface area is 183 Å². The molecule has 4 aromatic rings. The fourth-order valence-corrected chi connectivity index (χ4v) is 3.92. The molecule has 0 atom stereocenters. The van der Waals surface area contributed by atoms with Crippen LogP contribution < -0.4 is 5.32 Å². The van der Waals surface area contributed by atoms with Crippen molar-refractivity contribution in [2.75, 3.05) is 6.54 Å². The predicted molar refractivity (Wildman–Crippen MR) is 126 cm³/mol. The molecule has 31 heavy (non-hydrogen) atoms. The summed E-state index contributed by atoms with van der Waals surface area (Å²) in [6, 6.07) is 26.9. The van der Waals surface area contributed by atoms with E-state index in [9.17, 15) is 4.79 Å². The van der Waals surface area contributed by atoms with Crippen LogP contribution in [-0.2, 0) is 24.2 Å². The lowest BCUT2D eigenvalue weighted by atomic mass is 10.1. The minimum Gasteiger partial charge on any atom is -0.356 e. The third kappa shape index (κ3) is 5.40. The van der Waals surface area contributed by atoms with Crippen molar-refractivity contribution >= 4 is 16.9 Å². The van der Waals surface area contributed by atoms with E-state index in [1.165, 1.54) is 16.7 Å². The Bertz CT molecular complexity index is 1150. The van der Waals surface area contributed by atoms with Crippen molar-refractivity contribution in [3.8, 4) is 0 Å². The number of rotatable bonds is 9. The highest BCUT2D eigenvalue weighted by Crippen LogP contribution is 2.20. The van der Waals surface area contributed by atoms with Gasteiger partial charge in [0, 0.05) is 25.9 Å². The van der Waals surface area contributed by atoms with Crippen LogP contribution in [0.5, 0.6) is 0 Å². The Hall–Kier alpha value is -3.40. The molecule has 0 radical (unpaired) electrons. The average Bonchev–Trinajstić information content (AvgIpc) is 3.15. The van der Waals surface area contributed by atoms with Crippen molar-refractivity contribution in [2.24, 2.45) is 0 Å². The van der Waals surface area contributed by atoms with E-state index in [1.54, 1.807) is 0 Å². The van der Waals surface area contributed by atoms with Crippen molar-refractivity contribution in [1.29, 1.82) is 0 Å². The molecule has 4 rings (SSSR count). The number of hydrogen-bond acceptors (Lipinski definition) is 2. The second-order valence-electron chi connectivity index (χ2n) is 7.97. The SMILES string of the molecule is Cc1ccccc1Cn1c(CCCNC(=O)CCc2ccccc2)nc2ccccc21. The molecular weight excluding hydrogens is 382 g/mol. The lowest BCUT2D eigenvalue weighted by Gasteiger charge is -2.12. The second kappa shape index (κ2) is 10.1. The first-order valence-electron chi connectivity index (χ1n) is 11.0. The van der Waals surface area contributed by atoms with Gasteiger partial charge in [-0.1, -0.05) is 66.7 Å². The van der Waals surface area contributed by atoms with Crippen LogP contribution in [0.25, 0.3) is 11.0 Å². The number of amides is 1. The van der Waals surface area contributed by atoms with Gasteiger partial charge in [0.15, 0.2) is 0 Å². The highest BCUT2D eigenvalue weighted by molar-refractivity contribution is 5.76. The van der Waals surface area contributed by atoms with Crippen LogP contribution in [0, 0.1) is 6.92 Å². The molecule has 3 aromatic carbocycles. The molecule has 0 bridgehead atoms. The fraction of sp³-hybridized carbons (Fsp3) is 0.259. The monoisotopic (exact) mass is 411 g/mol. The van der Waals surface area contributed by atoms with E-state index < -0.39 is 0 Å². The summed E-state index contributed by atoms with van der Waals surface area (Å²) in [6.07, 6.45) is 3.00. The number of carbonyl (C=O) groups is 1. The first-order valence-corrected chi connectivity index (χ1v) is 11.0. The van der Waals surface area contributed by atoms with E-state index in [-0.39, 0.29) is 5.91 Å². The quantitative estimate of drug-likeness (QED) is 0.391. The van der Waals surface area contributed by atoms with E-state index in [2.05, 4.69) is 71.4 Å². The highest BCUT2D eigenvalue weighted by Gasteiger charge is 2.12. The lowest BCUT2D eigenvalue weighted by Crippen LogP contribution is -2.25. The minimum absolute atomic E-state index is 0.109. The Balaban J connectivity index is 1.36. The zero-order chi connectivity index (χ0) is 21.5. The zero-order valence-electron chi connectivity index (χ0n) is 18.1. The lowest BCUT2D eigenvalue weighted by molar-refractivity contribution is -0.121. The molecule has 0 saturated carbocycles. The van der Waals surface area contributed by atoms with E-state index in [0.29, 0.717) is 13.0 Å². The van der Waals surface area contributed by atoms with Gasteiger partial charge >= 0.3 is 0 Å². The van der Waals surface area contributed by atoms with Gasteiger partial charge < -0.3 is 9.88 Å². The summed E-state index contributed by atoms with van der Waals surface area (Å²) < 4.78 is 2.31. The predicted octanol–water partition coefficient (Wildman–Crippen LogP) is 5.07. The first-order chi connectivity index (χ1) is 15.2. The van der Waals surface area contributed by atoms with E-state index in [1.807, 2.05) is 24.3 Å². The van der Waals surface area contributed by atoms with E-state index in [4.69, 9.17) is 4.98 Å². The molecule has 4 nitrogen and oxygen atoms in total. The molecule has 1 amide bonds. The third-order valence-corrected chi connectivity index (χ3v) is 5.71. The number of fused-ring (bicyclic) bond motifs is 1. The van der Waals surface area contributed by atoms with Crippen molar-refractivity contribution in [3.05, 3.63) is 101 Å². The number of hydrogen-bond donors (Lipinski definition) is 1.